The molecule has 28 heavy (non-hydrogen) atoms. The van der Waals surface area contributed by atoms with Crippen LogP contribution in [0, 0.1) is 0 Å². The molecule has 0 saturated heterocycles. The lowest BCUT2D eigenvalue weighted by molar-refractivity contribution is 0.1000. The Labute approximate surface area is 184 Å². The third-order valence-electron chi connectivity index (χ3n) is 4.26. The second-order valence-electron chi connectivity index (χ2n) is 6.43. The first kappa shape index (κ1) is 21.4. The fraction of sp³-hybridized carbons (Fsp3) is 0.118. The number of phenolic OH excluding ortho intramolecular Hbond substituents is 1. The topological polar surface area (TPSA) is 70.7 Å². The van der Waals surface area contributed by atoms with Crippen molar-refractivity contribution in [2.24, 2.45) is 0 Å². The molecule has 0 aliphatic heterocycles. The Balaban J connectivity index is 2.44. The molecule has 1 heterocycles. The molecular formula is C17H7B5Br2O4. The maximum Gasteiger partial charge on any atom is 0.197 e. The summed E-state index contributed by atoms with van der Waals surface area (Å²) in [5, 5.41) is 20.4. The number of benzene rings is 2. The molecule has 2 aromatic carbocycles. The first-order valence-corrected chi connectivity index (χ1v) is 9.37. The summed E-state index contributed by atoms with van der Waals surface area (Å²) in [6, 6.07) is 2.80. The summed E-state index contributed by atoms with van der Waals surface area (Å²) in [5.41, 5.74) is -2.07. The van der Waals surface area contributed by atoms with E-state index in [0.717, 1.165) is 0 Å². The van der Waals surface area contributed by atoms with Crippen LogP contribution in [0.1, 0.15) is 28.6 Å². The summed E-state index contributed by atoms with van der Waals surface area (Å²) < 4.78 is 6.18. The zero-order chi connectivity index (χ0) is 21.1. The summed E-state index contributed by atoms with van der Waals surface area (Å²) in [6.45, 7) is 1.24. The highest BCUT2D eigenvalue weighted by Crippen LogP contribution is 2.36. The third-order valence-corrected chi connectivity index (χ3v) is 5.47. The molecule has 128 valence electrons. The van der Waals surface area contributed by atoms with Gasteiger partial charge in [0.05, 0.1) is 20.0 Å². The van der Waals surface area contributed by atoms with Gasteiger partial charge in [0.15, 0.2) is 5.78 Å². The predicted octanol–water partition coefficient (Wildman–Crippen LogP) is -0.597. The Morgan fingerprint density at radius 2 is 1.54 bits per heavy atom. The standard InChI is InChI=1S/C17H7B5Br2O4/c1-17(22,27)16-8(13(25)4-2-5(23)14(26)6(24)3-4)7-9(18)10(19)11(20)12(21)15(7)28-16/h2-3,26-27H,1H3. The molecule has 0 aliphatic carbocycles. The molecule has 0 aliphatic rings. The fourth-order valence-corrected chi connectivity index (χ4v) is 4.03. The lowest BCUT2D eigenvalue weighted by atomic mass is 9.65. The Kier molecular flexibility index (Phi) is 5.49. The van der Waals surface area contributed by atoms with Crippen molar-refractivity contribution >= 4 is 110 Å². The second kappa shape index (κ2) is 7.19. The molecule has 3 aromatic rings. The van der Waals surface area contributed by atoms with Gasteiger partial charge in [-0.15, -0.1) is 10.9 Å². The smallest absolute Gasteiger partial charge is 0.197 e. The van der Waals surface area contributed by atoms with Crippen molar-refractivity contribution in [3.63, 3.8) is 0 Å². The van der Waals surface area contributed by atoms with E-state index in [1.54, 1.807) is 0 Å². The van der Waals surface area contributed by atoms with Gasteiger partial charge in [-0.1, -0.05) is 10.9 Å². The molecule has 0 spiro atoms. The first-order chi connectivity index (χ1) is 12.9. The van der Waals surface area contributed by atoms with Crippen molar-refractivity contribution in [2.45, 2.75) is 12.4 Å². The highest BCUT2D eigenvalue weighted by atomic mass is 79.9. The summed E-state index contributed by atoms with van der Waals surface area (Å²) in [6.07, 6.45) is 0. The molecule has 10 radical (unpaired) electrons. The van der Waals surface area contributed by atoms with Crippen molar-refractivity contribution in [1.82, 2.24) is 0 Å². The number of halogens is 2. The molecule has 3 rings (SSSR count). The Morgan fingerprint density at radius 1 is 1.04 bits per heavy atom. The van der Waals surface area contributed by atoms with Gasteiger partial charge in [0.25, 0.3) is 0 Å². The summed E-state index contributed by atoms with van der Waals surface area (Å²) >= 11 is 6.35. The van der Waals surface area contributed by atoms with E-state index in [1.807, 2.05) is 0 Å². The SMILES string of the molecule is [B]c1c([B])c([B])c2c(C(=O)c3cc(Br)c(O)c(Br)c3)c(C([B])(C)O)oc2c1[B]. The lowest BCUT2D eigenvalue weighted by Crippen LogP contribution is -2.47. The quantitative estimate of drug-likeness (QED) is 0.381. The average Bonchev–Trinajstić information content (AvgIpc) is 3.02. The number of furan rings is 1. The van der Waals surface area contributed by atoms with E-state index >= 15 is 0 Å². The van der Waals surface area contributed by atoms with Crippen molar-refractivity contribution in [2.75, 3.05) is 0 Å². The number of carbonyl (C=O) groups excluding carboxylic acids is 1. The highest BCUT2D eigenvalue weighted by Gasteiger charge is 2.32. The Bertz CT molecular complexity index is 1130. The van der Waals surface area contributed by atoms with Crippen LogP contribution in [0.15, 0.2) is 25.5 Å². The van der Waals surface area contributed by atoms with Crippen molar-refractivity contribution in [3.05, 3.63) is 38.0 Å². The minimum Gasteiger partial charge on any atom is -0.506 e. The molecule has 2 N–H and O–H groups in total. The van der Waals surface area contributed by atoms with Crippen LogP contribution in [-0.2, 0) is 5.50 Å². The summed E-state index contributed by atoms with van der Waals surface area (Å²) in [5.74, 6) is -0.923. The van der Waals surface area contributed by atoms with E-state index in [-0.39, 0.29) is 64.4 Å². The Morgan fingerprint density at radius 3 is 2.04 bits per heavy atom. The maximum absolute atomic E-state index is 13.3. The molecule has 11 heteroatoms. The summed E-state index contributed by atoms with van der Waals surface area (Å²) in [4.78, 5) is 13.3. The van der Waals surface area contributed by atoms with Crippen LogP contribution >= 0.6 is 31.9 Å². The molecule has 1 atom stereocenters. The molecule has 1 unspecified atom stereocenters. The van der Waals surface area contributed by atoms with Crippen LogP contribution in [0.25, 0.3) is 11.0 Å². The lowest BCUT2D eigenvalue weighted by Gasteiger charge is -2.17. The van der Waals surface area contributed by atoms with Gasteiger partial charge in [-0.25, -0.2) is 0 Å². The number of rotatable bonds is 3. The van der Waals surface area contributed by atoms with Gasteiger partial charge >= 0.3 is 0 Å². The van der Waals surface area contributed by atoms with E-state index in [4.69, 9.17) is 43.6 Å². The fourth-order valence-electron chi connectivity index (χ4n) is 2.84. The monoisotopic (exact) mass is 488 g/mol. The number of ketones is 1. The number of carbonyl (C=O) groups is 1. The van der Waals surface area contributed by atoms with E-state index < -0.39 is 11.3 Å². The van der Waals surface area contributed by atoms with Crippen LogP contribution in [0.3, 0.4) is 0 Å². The van der Waals surface area contributed by atoms with Gasteiger partial charge in [-0.2, -0.15) is 0 Å². The van der Waals surface area contributed by atoms with Gasteiger partial charge in [-0.05, 0) is 50.9 Å². The van der Waals surface area contributed by atoms with Gasteiger partial charge in [0.2, 0.25) is 0 Å². The van der Waals surface area contributed by atoms with Crippen LogP contribution in [0.5, 0.6) is 5.75 Å². The molecule has 1 aromatic heterocycles. The first-order valence-electron chi connectivity index (χ1n) is 7.79. The minimum atomic E-state index is -2.03. The number of hydrogen-bond acceptors (Lipinski definition) is 4. The van der Waals surface area contributed by atoms with Crippen LogP contribution in [-0.4, -0.2) is 55.2 Å². The zero-order valence-electron chi connectivity index (χ0n) is 14.5. The maximum atomic E-state index is 13.3. The van der Waals surface area contributed by atoms with Crippen LogP contribution < -0.4 is 21.9 Å². The van der Waals surface area contributed by atoms with Crippen molar-refractivity contribution in [3.8, 4) is 5.75 Å². The normalized spacial score (nSPS) is 13.6. The van der Waals surface area contributed by atoms with Gasteiger partial charge < -0.3 is 14.6 Å². The molecule has 0 saturated carbocycles. The molecular weight excluding hydrogens is 482 g/mol. The molecule has 0 bridgehead atoms. The van der Waals surface area contributed by atoms with E-state index in [2.05, 4.69) is 31.9 Å². The van der Waals surface area contributed by atoms with E-state index in [1.165, 1.54) is 19.1 Å². The van der Waals surface area contributed by atoms with Gasteiger partial charge in [0, 0.05) is 10.9 Å². The number of phenols is 1. The minimum absolute atomic E-state index is 0.00362. The van der Waals surface area contributed by atoms with E-state index in [0.29, 0.717) is 0 Å². The van der Waals surface area contributed by atoms with Gasteiger partial charge in [0.1, 0.15) is 56.3 Å². The number of hydrogen-bond donors (Lipinski definition) is 2. The zero-order valence-corrected chi connectivity index (χ0v) is 17.7. The van der Waals surface area contributed by atoms with Crippen molar-refractivity contribution < 1.29 is 19.4 Å². The highest BCUT2D eigenvalue weighted by molar-refractivity contribution is 9.11. The number of aliphatic hydroxyl groups is 1. The number of aromatic hydroxyl groups is 1. The molecule has 4 nitrogen and oxygen atoms in total. The average molecular weight is 489 g/mol. The largest absolute Gasteiger partial charge is 0.506 e. The molecule has 0 fully saturated rings. The van der Waals surface area contributed by atoms with Crippen LogP contribution in [0.4, 0.5) is 0 Å². The number of fused-ring (bicyclic) bond motifs is 1. The van der Waals surface area contributed by atoms with Gasteiger partial charge in [-0.3, -0.25) is 4.79 Å². The van der Waals surface area contributed by atoms with Crippen LogP contribution in [0.2, 0.25) is 0 Å². The van der Waals surface area contributed by atoms with E-state index in [9.17, 15) is 15.0 Å². The third kappa shape index (κ3) is 3.31. The molecule has 0 amide bonds. The summed E-state index contributed by atoms with van der Waals surface area (Å²) in [7, 11) is 29.7. The predicted molar refractivity (Wildman–Crippen MR) is 120 cm³/mol. The second-order valence-corrected chi connectivity index (χ2v) is 8.14. The Hall–Kier alpha value is -1.31. The van der Waals surface area contributed by atoms with Crippen molar-refractivity contribution in [1.29, 1.82) is 0 Å².